The highest BCUT2D eigenvalue weighted by Crippen LogP contribution is 2.32. The fraction of sp³-hybridized carbons (Fsp3) is 0. The maximum Gasteiger partial charge on any atom is 0.145 e. The number of benzene rings is 3. The minimum atomic E-state index is 0.718. The van der Waals surface area contributed by atoms with Gasteiger partial charge in [0.1, 0.15) is 5.65 Å². The third-order valence-electron chi connectivity index (χ3n) is 4.86. The van der Waals surface area contributed by atoms with Crippen molar-refractivity contribution >= 4 is 17.2 Å². The van der Waals surface area contributed by atoms with E-state index in [0.717, 1.165) is 38.6 Å². The van der Waals surface area contributed by atoms with Crippen molar-refractivity contribution < 1.29 is 0 Å². The van der Waals surface area contributed by atoms with Crippen molar-refractivity contribution in [2.45, 2.75) is 0 Å². The van der Waals surface area contributed by atoms with E-state index in [0.29, 0.717) is 0 Å². The van der Waals surface area contributed by atoms with Crippen LogP contribution in [-0.2, 0) is 0 Å². The fourth-order valence-corrected chi connectivity index (χ4v) is 3.69. The third-order valence-corrected chi connectivity index (χ3v) is 5.10. The third kappa shape index (κ3) is 3.08. The van der Waals surface area contributed by atoms with Crippen molar-refractivity contribution in [3.63, 3.8) is 0 Å². The predicted molar refractivity (Wildman–Crippen MR) is 117 cm³/mol. The van der Waals surface area contributed by atoms with Gasteiger partial charge >= 0.3 is 0 Å². The molecule has 0 N–H and O–H groups in total. The van der Waals surface area contributed by atoms with Crippen LogP contribution in [0.25, 0.3) is 39.2 Å². The Labute approximate surface area is 168 Å². The second-order valence-electron chi connectivity index (χ2n) is 6.74. The van der Waals surface area contributed by atoms with Gasteiger partial charge < -0.3 is 4.40 Å². The molecule has 0 saturated heterocycles. The van der Waals surface area contributed by atoms with Gasteiger partial charge in [0.05, 0.1) is 5.69 Å². The van der Waals surface area contributed by atoms with E-state index >= 15 is 0 Å². The Bertz CT molecular complexity index is 1260. The molecule has 0 radical (unpaired) electrons. The van der Waals surface area contributed by atoms with Crippen LogP contribution < -0.4 is 0 Å². The van der Waals surface area contributed by atoms with Gasteiger partial charge in [-0.3, -0.25) is 0 Å². The standard InChI is InChI=1S/C25H17ClN2/c26-22-13-7-12-20(14-22)23-15-21(18-8-3-1-4-9-18)16-28-17-24(27-25(23)28)19-10-5-2-6-11-19/h1-17H. The predicted octanol–water partition coefficient (Wildman–Crippen LogP) is 6.99. The molecule has 3 heteroatoms. The van der Waals surface area contributed by atoms with Crippen molar-refractivity contribution in [3.8, 4) is 33.5 Å². The van der Waals surface area contributed by atoms with Gasteiger partial charge in [-0.05, 0) is 34.9 Å². The highest BCUT2D eigenvalue weighted by molar-refractivity contribution is 6.30. The van der Waals surface area contributed by atoms with Crippen LogP contribution in [0.15, 0.2) is 103 Å². The average molecular weight is 381 g/mol. The highest BCUT2D eigenvalue weighted by atomic mass is 35.5. The molecule has 0 atom stereocenters. The normalized spacial score (nSPS) is 11.0. The lowest BCUT2D eigenvalue weighted by molar-refractivity contribution is 1.19. The number of aromatic nitrogens is 2. The molecule has 2 heterocycles. The molecule has 0 aliphatic carbocycles. The van der Waals surface area contributed by atoms with E-state index < -0.39 is 0 Å². The summed E-state index contributed by atoms with van der Waals surface area (Å²) in [4.78, 5) is 4.94. The Morgan fingerprint density at radius 2 is 1.29 bits per heavy atom. The van der Waals surface area contributed by atoms with Crippen LogP contribution in [0, 0.1) is 0 Å². The summed E-state index contributed by atoms with van der Waals surface area (Å²) in [5.74, 6) is 0. The molecular formula is C25H17ClN2. The summed E-state index contributed by atoms with van der Waals surface area (Å²) in [5.41, 5.74) is 7.40. The van der Waals surface area contributed by atoms with Gasteiger partial charge in [0.2, 0.25) is 0 Å². The lowest BCUT2D eigenvalue weighted by Gasteiger charge is -2.09. The number of rotatable bonds is 3. The first-order valence-corrected chi connectivity index (χ1v) is 9.55. The summed E-state index contributed by atoms with van der Waals surface area (Å²) < 4.78 is 2.11. The quantitative estimate of drug-likeness (QED) is 0.329. The van der Waals surface area contributed by atoms with Crippen LogP contribution in [0.1, 0.15) is 0 Å². The molecule has 0 amide bonds. The molecule has 0 bridgehead atoms. The Morgan fingerprint density at radius 3 is 2.00 bits per heavy atom. The largest absolute Gasteiger partial charge is 0.305 e. The Hall–Kier alpha value is -3.36. The molecule has 0 fully saturated rings. The molecule has 0 aliphatic rings. The molecule has 2 nitrogen and oxygen atoms in total. The first kappa shape index (κ1) is 16.8. The molecule has 0 aliphatic heterocycles. The van der Waals surface area contributed by atoms with Gasteiger partial charge in [0.15, 0.2) is 0 Å². The van der Waals surface area contributed by atoms with Crippen molar-refractivity contribution in [1.29, 1.82) is 0 Å². The van der Waals surface area contributed by atoms with Gasteiger partial charge in [0.25, 0.3) is 0 Å². The monoisotopic (exact) mass is 380 g/mol. The Balaban J connectivity index is 1.78. The molecule has 5 aromatic rings. The van der Waals surface area contributed by atoms with E-state index in [1.165, 1.54) is 5.56 Å². The van der Waals surface area contributed by atoms with Crippen LogP contribution in [0.4, 0.5) is 0 Å². The zero-order chi connectivity index (χ0) is 18.9. The van der Waals surface area contributed by atoms with Crippen molar-refractivity contribution in [2.24, 2.45) is 0 Å². The van der Waals surface area contributed by atoms with Crippen LogP contribution in [0.3, 0.4) is 0 Å². The number of hydrogen-bond donors (Lipinski definition) is 0. The molecular weight excluding hydrogens is 364 g/mol. The second kappa shape index (κ2) is 6.99. The van der Waals surface area contributed by atoms with E-state index in [4.69, 9.17) is 16.6 Å². The number of halogens is 1. The number of pyridine rings is 1. The van der Waals surface area contributed by atoms with Gasteiger partial charge in [-0.25, -0.2) is 4.98 Å². The summed E-state index contributed by atoms with van der Waals surface area (Å²) >= 11 is 6.28. The van der Waals surface area contributed by atoms with E-state index in [9.17, 15) is 0 Å². The zero-order valence-electron chi connectivity index (χ0n) is 15.1. The molecule has 3 aromatic carbocycles. The van der Waals surface area contributed by atoms with Crippen LogP contribution >= 0.6 is 11.6 Å². The van der Waals surface area contributed by atoms with E-state index in [2.05, 4.69) is 65.3 Å². The summed E-state index contributed by atoms with van der Waals surface area (Å²) in [6.45, 7) is 0. The molecule has 0 spiro atoms. The number of nitrogens with zero attached hydrogens (tertiary/aromatic N) is 2. The van der Waals surface area contributed by atoms with Crippen LogP contribution in [0.2, 0.25) is 5.02 Å². The summed E-state index contributed by atoms with van der Waals surface area (Å²) in [6, 6.07) is 30.8. The molecule has 0 saturated carbocycles. The lowest BCUT2D eigenvalue weighted by atomic mass is 10.0. The van der Waals surface area contributed by atoms with Gasteiger partial charge in [0, 0.05) is 28.5 Å². The van der Waals surface area contributed by atoms with Crippen LogP contribution in [0.5, 0.6) is 0 Å². The van der Waals surface area contributed by atoms with E-state index in [-0.39, 0.29) is 0 Å². The smallest absolute Gasteiger partial charge is 0.145 e. The maximum atomic E-state index is 6.28. The first-order chi connectivity index (χ1) is 13.8. The minimum absolute atomic E-state index is 0.718. The Kier molecular flexibility index (Phi) is 4.19. The fourth-order valence-electron chi connectivity index (χ4n) is 3.50. The SMILES string of the molecule is Clc1cccc(-c2cc(-c3ccccc3)cn3cc(-c4ccccc4)nc23)c1. The zero-order valence-corrected chi connectivity index (χ0v) is 15.8. The van der Waals surface area contributed by atoms with Crippen molar-refractivity contribution in [2.75, 3.05) is 0 Å². The van der Waals surface area contributed by atoms with Crippen LogP contribution in [-0.4, -0.2) is 9.38 Å². The van der Waals surface area contributed by atoms with Gasteiger partial charge in [-0.1, -0.05) is 84.4 Å². The maximum absolute atomic E-state index is 6.28. The van der Waals surface area contributed by atoms with Crippen molar-refractivity contribution in [1.82, 2.24) is 9.38 Å². The first-order valence-electron chi connectivity index (χ1n) is 9.17. The summed E-state index contributed by atoms with van der Waals surface area (Å²) in [6.07, 6.45) is 4.23. The van der Waals surface area contributed by atoms with Gasteiger partial charge in [-0.2, -0.15) is 0 Å². The van der Waals surface area contributed by atoms with Crippen molar-refractivity contribution in [3.05, 3.63) is 108 Å². The minimum Gasteiger partial charge on any atom is -0.305 e. The van der Waals surface area contributed by atoms with E-state index in [1.54, 1.807) is 0 Å². The molecule has 5 rings (SSSR count). The Morgan fingerprint density at radius 1 is 0.607 bits per heavy atom. The average Bonchev–Trinajstić information content (AvgIpc) is 3.18. The summed E-state index contributed by atoms with van der Waals surface area (Å²) in [7, 11) is 0. The second-order valence-corrected chi connectivity index (χ2v) is 7.18. The molecule has 0 unspecified atom stereocenters. The molecule has 134 valence electrons. The molecule has 2 aromatic heterocycles. The lowest BCUT2D eigenvalue weighted by Crippen LogP contribution is -1.91. The number of fused-ring (bicyclic) bond motifs is 1. The highest BCUT2D eigenvalue weighted by Gasteiger charge is 2.13. The van der Waals surface area contributed by atoms with E-state index in [1.807, 2.05) is 42.5 Å². The number of imidazole rings is 1. The summed E-state index contributed by atoms with van der Waals surface area (Å²) in [5, 5.41) is 0.718. The topological polar surface area (TPSA) is 17.3 Å². The molecule has 28 heavy (non-hydrogen) atoms. The van der Waals surface area contributed by atoms with Gasteiger partial charge in [-0.15, -0.1) is 0 Å². The number of hydrogen-bond acceptors (Lipinski definition) is 1.